The van der Waals surface area contributed by atoms with Gasteiger partial charge in [-0.05, 0) is 12.1 Å². The maximum absolute atomic E-state index is 11.9. The van der Waals surface area contributed by atoms with Crippen LogP contribution in [0.2, 0.25) is 10.0 Å². The molecule has 0 saturated carbocycles. The lowest BCUT2D eigenvalue weighted by Gasteiger charge is -2.07. The normalized spacial score (nSPS) is 10.3. The molecule has 0 aliphatic heterocycles. The average molecular weight is 491 g/mol. The number of hydrogen-bond acceptors (Lipinski definition) is 8. The van der Waals surface area contributed by atoms with Gasteiger partial charge in [0.15, 0.2) is 0 Å². The van der Waals surface area contributed by atoms with E-state index in [4.69, 9.17) is 23.2 Å². The van der Waals surface area contributed by atoms with Crippen molar-refractivity contribution in [3.05, 3.63) is 66.7 Å². The number of halogens is 2. The van der Waals surface area contributed by atoms with Crippen LogP contribution in [0, 0.1) is 20.2 Å². The highest BCUT2D eigenvalue weighted by Gasteiger charge is 2.14. The van der Waals surface area contributed by atoms with Crippen molar-refractivity contribution < 1.29 is 19.4 Å². The lowest BCUT2D eigenvalue weighted by atomic mass is 10.3. The second-order valence-electron chi connectivity index (χ2n) is 5.36. The van der Waals surface area contributed by atoms with E-state index >= 15 is 0 Å². The Labute approximate surface area is 188 Å². The molecule has 0 heterocycles. The van der Waals surface area contributed by atoms with Gasteiger partial charge >= 0.3 is 0 Å². The molecule has 2 aromatic carbocycles. The number of hydrogen-bond donors (Lipinski definition) is 2. The summed E-state index contributed by atoms with van der Waals surface area (Å²) in [5.41, 5.74) is 0.0818. The molecular formula is C16H12Cl2N4O6S2. The molecule has 0 unspecified atom stereocenters. The minimum Gasteiger partial charge on any atom is -0.315 e. The van der Waals surface area contributed by atoms with E-state index in [0.29, 0.717) is 11.5 Å². The number of anilines is 2. The molecule has 0 saturated heterocycles. The van der Waals surface area contributed by atoms with Crippen LogP contribution in [0.4, 0.5) is 32.3 Å². The summed E-state index contributed by atoms with van der Waals surface area (Å²) in [7, 11) is 0. The third kappa shape index (κ3) is 7.06. The summed E-state index contributed by atoms with van der Waals surface area (Å²) in [5.74, 6) is 0.588. The van der Waals surface area contributed by atoms with Crippen LogP contribution in [0.1, 0.15) is 0 Å². The second kappa shape index (κ2) is 11.0. The summed E-state index contributed by atoms with van der Waals surface area (Å²) in [4.78, 5) is 44.0. The largest absolute Gasteiger partial charge is 0.315 e. The van der Waals surface area contributed by atoms with Gasteiger partial charge in [-0.3, -0.25) is 29.8 Å². The SMILES string of the molecule is O=C(Nc1ccc([N+](=O)[O-])cc1Cl)SCCSC(=O)Nc1ccc([N+](=O)[O-])cc1Cl. The van der Waals surface area contributed by atoms with Gasteiger partial charge in [0.2, 0.25) is 0 Å². The molecule has 2 N–H and O–H groups in total. The molecule has 0 atom stereocenters. The van der Waals surface area contributed by atoms with Gasteiger partial charge in [0, 0.05) is 35.8 Å². The van der Waals surface area contributed by atoms with Gasteiger partial charge in [-0.2, -0.15) is 0 Å². The molecule has 158 valence electrons. The minimum absolute atomic E-state index is 0.0341. The first-order valence-corrected chi connectivity index (χ1v) is 10.7. The van der Waals surface area contributed by atoms with Crippen LogP contribution >= 0.6 is 46.7 Å². The van der Waals surface area contributed by atoms with Crippen molar-refractivity contribution in [3.63, 3.8) is 0 Å². The van der Waals surface area contributed by atoms with Crippen molar-refractivity contribution in [3.8, 4) is 0 Å². The maximum Gasteiger partial charge on any atom is 0.283 e. The molecule has 0 aliphatic carbocycles. The van der Waals surface area contributed by atoms with Gasteiger partial charge in [0.05, 0.1) is 31.3 Å². The molecule has 0 bridgehead atoms. The smallest absolute Gasteiger partial charge is 0.283 e. The summed E-state index contributed by atoms with van der Waals surface area (Å²) in [5, 5.41) is 25.6. The first-order valence-electron chi connectivity index (χ1n) is 7.93. The number of carbonyl (C=O) groups is 2. The van der Waals surface area contributed by atoms with Crippen LogP contribution in [0.25, 0.3) is 0 Å². The number of thioether (sulfide) groups is 2. The number of non-ortho nitro benzene ring substituents is 2. The predicted octanol–water partition coefficient (Wildman–Crippen LogP) is 6.04. The van der Waals surface area contributed by atoms with E-state index in [0.717, 1.165) is 35.7 Å². The van der Waals surface area contributed by atoms with Gasteiger partial charge in [0.25, 0.3) is 21.9 Å². The van der Waals surface area contributed by atoms with E-state index < -0.39 is 20.3 Å². The number of benzene rings is 2. The maximum atomic E-state index is 11.9. The highest BCUT2D eigenvalue weighted by atomic mass is 35.5. The molecule has 2 aromatic rings. The molecule has 2 rings (SSSR count). The number of nitrogens with one attached hydrogen (secondary N) is 2. The fourth-order valence-electron chi connectivity index (χ4n) is 2.00. The number of nitro benzene ring substituents is 2. The number of nitrogens with zero attached hydrogens (tertiary/aromatic N) is 2. The summed E-state index contributed by atoms with van der Waals surface area (Å²) in [6, 6.07) is 7.35. The Morgan fingerprint density at radius 3 is 1.47 bits per heavy atom. The zero-order valence-electron chi connectivity index (χ0n) is 14.8. The van der Waals surface area contributed by atoms with Crippen LogP contribution in [0.5, 0.6) is 0 Å². The monoisotopic (exact) mass is 490 g/mol. The highest BCUT2D eigenvalue weighted by Crippen LogP contribution is 2.29. The van der Waals surface area contributed by atoms with Crippen LogP contribution in [0.3, 0.4) is 0 Å². The fourth-order valence-corrected chi connectivity index (χ4v) is 3.84. The Morgan fingerprint density at radius 1 is 0.800 bits per heavy atom. The Balaban J connectivity index is 1.75. The summed E-state index contributed by atoms with van der Waals surface area (Å²) >= 11 is 13.6. The van der Waals surface area contributed by atoms with E-state index in [1.807, 2.05) is 0 Å². The zero-order chi connectivity index (χ0) is 22.3. The Kier molecular flexibility index (Phi) is 8.72. The standard InChI is InChI=1S/C16H12Cl2N4O6S2/c17-11-7-9(21(25)26)1-3-13(11)19-15(23)29-5-6-30-16(24)20-14-4-2-10(22(27)28)8-12(14)18/h1-4,7-8H,5-6H2,(H,19,23)(H,20,24). The fraction of sp³-hybridized carbons (Fsp3) is 0.125. The molecule has 0 aromatic heterocycles. The molecule has 2 amide bonds. The lowest BCUT2D eigenvalue weighted by molar-refractivity contribution is -0.385. The summed E-state index contributed by atoms with van der Waals surface area (Å²) in [6.07, 6.45) is 0. The van der Waals surface area contributed by atoms with Gasteiger partial charge in [0.1, 0.15) is 0 Å². The number of rotatable bonds is 7. The summed E-state index contributed by atoms with van der Waals surface area (Å²) < 4.78 is 0. The average Bonchev–Trinajstić information content (AvgIpc) is 2.68. The zero-order valence-corrected chi connectivity index (χ0v) is 17.9. The third-order valence-electron chi connectivity index (χ3n) is 3.35. The lowest BCUT2D eigenvalue weighted by Crippen LogP contribution is -2.09. The van der Waals surface area contributed by atoms with Crippen molar-refractivity contribution in [2.75, 3.05) is 22.1 Å². The van der Waals surface area contributed by atoms with Crippen molar-refractivity contribution in [1.29, 1.82) is 0 Å². The topological polar surface area (TPSA) is 144 Å². The highest BCUT2D eigenvalue weighted by molar-refractivity contribution is 8.17. The molecule has 0 spiro atoms. The van der Waals surface area contributed by atoms with Crippen LogP contribution < -0.4 is 10.6 Å². The van der Waals surface area contributed by atoms with Crippen LogP contribution in [-0.4, -0.2) is 31.8 Å². The molecule has 14 heteroatoms. The first kappa shape index (κ1) is 23.7. The second-order valence-corrected chi connectivity index (χ2v) is 8.31. The molecule has 30 heavy (non-hydrogen) atoms. The van der Waals surface area contributed by atoms with Crippen molar-refractivity contribution >= 4 is 80.0 Å². The van der Waals surface area contributed by atoms with Crippen LogP contribution in [0.15, 0.2) is 36.4 Å². The van der Waals surface area contributed by atoms with E-state index in [9.17, 15) is 29.8 Å². The van der Waals surface area contributed by atoms with Gasteiger partial charge in [-0.25, -0.2) is 0 Å². The van der Waals surface area contributed by atoms with E-state index in [-0.39, 0.29) is 32.8 Å². The molecule has 0 aliphatic rings. The Hall–Kier alpha value is -2.54. The van der Waals surface area contributed by atoms with E-state index in [2.05, 4.69) is 10.6 Å². The first-order chi connectivity index (χ1) is 14.2. The van der Waals surface area contributed by atoms with Gasteiger partial charge in [-0.15, -0.1) is 0 Å². The predicted molar refractivity (Wildman–Crippen MR) is 119 cm³/mol. The molecule has 0 fully saturated rings. The Bertz CT molecular complexity index is 928. The minimum atomic E-state index is -0.599. The van der Waals surface area contributed by atoms with Gasteiger partial charge in [-0.1, -0.05) is 46.7 Å². The van der Waals surface area contributed by atoms with Gasteiger partial charge < -0.3 is 10.6 Å². The number of nitro groups is 2. The molecule has 10 nitrogen and oxygen atoms in total. The van der Waals surface area contributed by atoms with Crippen molar-refractivity contribution in [2.45, 2.75) is 0 Å². The van der Waals surface area contributed by atoms with E-state index in [1.54, 1.807) is 0 Å². The van der Waals surface area contributed by atoms with E-state index in [1.165, 1.54) is 24.3 Å². The van der Waals surface area contributed by atoms with Crippen molar-refractivity contribution in [1.82, 2.24) is 0 Å². The van der Waals surface area contributed by atoms with Crippen LogP contribution in [-0.2, 0) is 0 Å². The summed E-state index contributed by atoms with van der Waals surface area (Å²) in [6.45, 7) is 0. The number of carbonyl (C=O) groups excluding carboxylic acids is 2. The van der Waals surface area contributed by atoms with Crippen molar-refractivity contribution in [2.24, 2.45) is 0 Å². The molecule has 0 radical (unpaired) electrons. The quantitative estimate of drug-likeness (QED) is 0.271. The third-order valence-corrected chi connectivity index (χ3v) is 5.78. The Morgan fingerprint density at radius 2 is 1.17 bits per heavy atom. The molecular weight excluding hydrogens is 479 g/mol. The number of amides is 2.